The van der Waals surface area contributed by atoms with Crippen molar-refractivity contribution in [3.8, 4) is 0 Å². The molecule has 2 rings (SSSR count). The highest BCUT2D eigenvalue weighted by Gasteiger charge is 2.24. The van der Waals surface area contributed by atoms with Crippen LogP contribution in [0, 0.1) is 5.92 Å². The lowest BCUT2D eigenvalue weighted by Gasteiger charge is -2.36. The molecule has 0 saturated heterocycles. The summed E-state index contributed by atoms with van der Waals surface area (Å²) in [5.74, 6) is 0.811. The van der Waals surface area contributed by atoms with Gasteiger partial charge in [0.05, 0.1) is 0 Å². The lowest BCUT2D eigenvalue weighted by Crippen LogP contribution is -2.38. The number of hydrogen-bond acceptors (Lipinski definition) is 2. The minimum atomic E-state index is 0.590. The van der Waals surface area contributed by atoms with E-state index in [4.69, 9.17) is 11.6 Å². The second-order valence-electron chi connectivity index (χ2n) is 5.23. The van der Waals surface area contributed by atoms with Crippen molar-refractivity contribution in [3.63, 3.8) is 0 Å². The van der Waals surface area contributed by atoms with Gasteiger partial charge in [0.2, 0.25) is 0 Å². The fourth-order valence-electron chi connectivity index (χ4n) is 2.90. The summed E-state index contributed by atoms with van der Waals surface area (Å²) in [5.41, 5.74) is 1.25. The van der Waals surface area contributed by atoms with Gasteiger partial charge >= 0.3 is 0 Å². The SMILES string of the molecule is CC1CCCCC1N(C)Cc1ccnc(Cl)c1. The van der Waals surface area contributed by atoms with Crippen LogP contribution in [0.1, 0.15) is 38.2 Å². The van der Waals surface area contributed by atoms with E-state index >= 15 is 0 Å². The van der Waals surface area contributed by atoms with Gasteiger partial charge in [-0.05, 0) is 43.5 Å². The third-order valence-corrected chi connectivity index (χ3v) is 4.06. The highest BCUT2D eigenvalue weighted by Crippen LogP contribution is 2.28. The second kappa shape index (κ2) is 5.83. The van der Waals surface area contributed by atoms with Gasteiger partial charge in [-0.1, -0.05) is 31.4 Å². The molecule has 0 radical (unpaired) electrons. The second-order valence-corrected chi connectivity index (χ2v) is 5.62. The van der Waals surface area contributed by atoms with Crippen molar-refractivity contribution < 1.29 is 0 Å². The summed E-state index contributed by atoms with van der Waals surface area (Å²) in [6.45, 7) is 3.34. The maximum absolute atomic E-state index is 5.91. The molecular formula is C14H21ClN2. The van der Waals surface area contributed by atoms with Crippen molar-refractivity contribution in [1.29, 1.82) is 0 Å². The summed E-state index contributed by atoms with van der Waals surface area (Å²) in [5, 5.41) is 0.590. The summed E-state index contributed by atoms with van der Waals surface area (Å²) in [6, 6.07) is 4.73. The van der Waals surface area contributed by atoms with E-state index in [1.54, 1.807) is 6.20 Å². The number of nitrogens with zero attached hydrogens (tertiary/aromatic N) is 2. The molecule has 1 heterocycles. The quantitative estimate of drug-likeness (QED) is 0.762. The molecule has 1 aliphatic rings. The highest BCUT2D eigenvalue weighted by atomic mass is 35.5. The third kappa shape index (κ3) is 3.43. The zero-order chi connectivity index (χ0) is 12.3. The zero-order valence-corrected chi connectivity index (χ0v) is 11.5. The molecule has 0 amide bonds. The van der Waals surface area contributed by atoms with Gasteiger partial charge in [-0.15, -0.1) is 0 Å². The van der Waals surface area contributed by atoms with Crippen molar-refractivity contribution in [2.75, 3.05) is 7.05 Å². The molecule has 17 heavy (non-hydrogen) atoms. The predicted molar refractivity (Wildman–Crippen MR) is 72.1 cm³/mol. The van der Waals surface area contributed by atoms with Crippen LogP contribution in [0.15, 0.2) is 18.3 Å². The Balaban J connectivity index is 1.98. The monoisotopic (exact) mass is 252 g/mol. The summed E-state index contributed by atoms with van der Waals surface area (Å²) in [4.78, 5) is 6.49. The van der Waals surface area contributed by atoms with Crippen LogP contribution in [0.25, 0.3) is 0 Å². The van der Waals surface area contributed by atoms with Crippen molar-refractivity contribution in [1.82, 2.24) is 9.88 Å². The van der Waals surface area contributed by atoms with Crippen LogP contribution in [-0.2, 0) is 6.54 Å². The lowest BCUT2D eigenvalue weighted by atomic mass is 9.85. The summed E-state index contributed by atoms with van der Waals surface area (Å²) >= 11 is 5.91. The van der Waals surface area contributed by atoms with E-state index in [9.17, 15) is 0 Å². The van der Waals surface area contributed by atoms with Crippen molar-refractivity contribution in [2.24, 2.45) is 5.92 Å². The average molecular weight is 253 g/mol. The molecule has 1 aromatic rings. The van der Waals surface area contributed by atoms with Crippen LogP contribution in [0.5, 0.6) is 0 Å². The largest absolute Gasteiger partial charge is 0.299 e. The van der Waals surface area contributed by atoms with Crippen LogP contribution in [0.4, 0.5) is 0 Å². The Bertz CT molecular complexity index is 367. The first-order valence-electron chi connectivity index (χ1n) is 6.47. The van der Waals surface area contributed by atoms with Crippen LogP contribution < -0.4 is 0 Å². The number of hydrogen-bond donors (Lipinski definition) is 0. The molecule has 0 bridgehead atoms. The first kappa shape index (κ1) is 12.8. The van der Waals surface area contributed by atoms with Gasteiger partial charge in [-0.3, -0.25) is 4.90 Å². The first-order valence-corrected chi connectivity index (χ1v) is 6.85. The van der Waals surface area contributed by atoms with E-state index in [0.29, 0.717) is 5.15 Å². The first-order chi connectivity index (χ1) is 8.16. The smallest absolute Gasteiger partial charge is 0.129 e. The number of halogens is 1. The van der Waals surface area contributed by atoms with E-state index in [1.807, 2.05) is 6.07 Å². The maximum Gasteiger partial charge on any atom is 0.129 e. The summed E-state index contributed by atoms with van der Waals surface area (Å²) < 4.78 is 0. The van der Waals surface area contributed by atoms with Crippen LogP contribution in [0.2, 0.25) is 5.15 Å². The van der Waals surface area contributed by atoms with Gasteiger partial charge < -0.3 is 0 Å². The summed E-state index contributed by atoms with van der Waals surface area (Å²) in [7, 11) is 2.22. The number of pyridine rings is 1. The minimum absolute atomic E-state index is 0.590. The predicted octanol–water partition coefficient (Wildman–Crippen LogP) is 3.75. The van der Waals surface area contributed by atoms with E-state index in [0.717, 1.165) is 18.5 Å². The Kier molecular flexibility index (Phi) is 4.41. The Labute approximate surface area is 109 Å². The Morgan fingerprint density at radius 3 is 2.88 bits per heavy atom. The van der Waals surface area contributed by atoms with Gasteiger partial charge in [0.25, 0.3) is 0 Å². The lowest BCUT2D eigenvalue weighted by molar-refractivity contribution is 0.133. The topological polar surface area (TPSA) is 16.1 Å². The van der Waals surface area contributed by atoms with Gasteiger partial charge in [0.15, 0.2) is 0 Å². The fraction of sp³-hybridized carbons (Fsp3) is 0.643. The molecule has 1 aromatic heterocycles. The molecular weight excluding hydrogens is 232 g/mol. The zero-order valence-electron chi connectivity index (χ0n) is 10.7. The molecule has 0 spiro atoms. The van der Waals surface area contributed by atoms with Gasteiger partial charge in [-0.25, -0.2) is 4.98 Å². The average Bonchev–Trinajstić information content (AvgIpc) is 2.29. The number of aromatic nitrogens is 1. The normalized spacial score (nSPS) is 25.2. The van der Waals surface area contributed by atoms with Crippen LogP contribution in [-0.4, -0.2) is 23.0 Å². The van der Waals surface area contributed by atoms with E-state index in [-0.39, 0.29) is 0 Å². The van der Waals surface area contributed by atoms with Crippen LogP contribution >= 0.6 is 11.6 Å². The van der Waals surface area contributed by atoms with E-state index < -0.39 is 0 Å². The van der Waals surface area contributed by atoms with Crippen molar-refractivity contribution in [3.05, 3.63) is 29.0 Å². The van der Waals surface area contributed by atoms with Gasteiger partial charge in [0.1, 0.15) is 5.15 Å². The van der Waals surface area contributed by atoms with Crippen molar-refractivity contribution in [2.45, 2.75) is 45.2 Å². The molecule has 0 aromatic carbocycles. The number of rotatable bonds is 3. The molecule has 2 unspecified atom stereocenters. The fourth-order valence-corrected chi connectivity index (χ4v) is 3.09. The van der Waals surface area contributed by atoms with Crippen molar-refractivity contribution >= 4 is 11.6 Å². The van der Waals surface area contributed by atoms with E-state index in [2.05, 4.69) is 29.9 Å². The maximum atomic E-state index is 5.91. The van der Waals surface area contributed by atoms with Gasteiger partial charge in [0, 0.05) is 18.8 Å². The third-order valence-electron chi connectivity index (χ3n) is 3.86. The molecule has 94 valence electrons. The Morgan fingerprint density at radius 2 is 2.18 bits per heavy atom. The minimum Gasteiger partial charge on any atom is -0.299 e. The molecule has 3 heteroatoms. The molecule has 0 N–H and O–H groups in total. The molecule has 0 aliphatic heterocycles. The summed E-state index contributed by atoms with van der Waals surface area (Å²) in [6.07, 6.45) is 7.25. The molecule has 1 saturated carbocycles. The highest BCUT2D eigenvalue weighted by molar-refractivity contribution is 6.29. The molecule has 1 aliphatic carbocycles. The Morgan fingerprint density at radius 1 is 1.41 bits per heavy atom. The van der Waals surface area contributed by atoms with Gasteiger partial charge in [-0.2, -0.15) is 0 Å². The standard InChI is InChI=1S/C14H21ClN2/c1-11-5-3-4-6-13(11)17(2)10-12-7-8-16-14(15)9-12/h7-9,11,13H,3-6,10H2,1-2H3. The molecule has 2 nitrogen and oxygen atoms in total. The molecule has 2 atom stereocenters. The van der Waals surface area contributed by atoms with Crippen LogP contribution in [0.3, 0.4) is 0 Å². The Hall–Kier alpha value is -0.600. The van der Waals surface area contributed by atoms with E-state index in [1.165, 1.54) is 31.2 Å². The molecule has 1 fully saturated rings.